The van der Waals surface area contributed by atoms with E-state index in [9.17, 15) is 0 Å². The molecule has 1 saturated carbocycles. The number of rotatable bonds is 8. The van der Waals surface area contributed by atoms with Crippen LogP contribution >= 0.6 is 0 Å². The highest BCUT2D eigenvalue weighted by molar-refractivity contribution is 4.87. The van der Waals surface area contributed by atoms with E-state index in [1.54, 1.807) is 0 Å². The highest BCUT2D eigenvalue weighted by atomic mass is 15.2. The van der Waals surface area contributed by atoms with E-state index in [0.29, 0.717) is 11.5 Å². The zero-order chi connectivity index (χ0) is 13.8. The molecule has 0 amide bonds. The lowest BCUT2D eigenvalue weighted by molar-refractivity contribution is 0.198. The third kappa shape index (κ3) is 5.71. The molecular weight excluding hydrogens is 220 g/mol. The van der Waals surface area contributed by atoms with Gasteiger partial charge in [-0.05, 0) is 57.2 Å². The molecule has 0 bridgehead atoms. The molecule has 0 aromatic carbocycles. The van der Waals surface area contributed by atoms with Crippen molar-refractivity contribution in [2.75, 3.05) is 20.1 Å². The molecule has 2 nitrogen and oxygen atoms in total. The third-order valence-electron chi connectivity index (χ3n) is 4.16. The van der Waals surface area contributed by atoms with E-state index in [-0.39, 0.29) is 0 Å². The van der Waals surface area contributed by atoms with Crippen LogP contribution in [0.4, 0.5) is 0 Å². The molecule has 0 radical (unpaired) electrons. The Labute approximate surface area is 115 Å². The lowest BCUT2D eigenvalue weighted by atomic mass is 9.85. The standard InChI is InChI=1S/C16H34N2/c1-13(2)9-11-18(14-7-8-14)12-10-15(17-6)16(3,4)5/h13-15,17H,7-12H2,1-6H3. The molecule has 1 N–H and O–H groups in total. The van der Waals surface area contributed by atoms with Crippen molar-refractivity contribution in [2.24, 2.45) is 11.3 Å². The maximum absolute atomic E-state index is 3.49. The van der Waals surface area contributed by atoms with E-state index >= 15 is 0 Å². The molecule has 1 aliphatic carbocycles. The minimum atomic E-state index is 0.363. The summed E-state index contributed by atoms with van der Waals surface area (Å²) in [6.45, 7) is 14.2. The SMILES string of the molecule is CNC(CCN(CCC(C)C)C1CC1)C(C)(C)C. The molecule has 108 valence electrons. The Kier molecular flexibility index (Phi) is 6.13. The van der Waals surface area contributed by atoms with Gasteiger partial charge >= 0.3 is 0 Å². The molecule has 0 heterocycles. The summed E-state index contributed by atoms with van der Waals surface area (Å²) in [5.41, 5.74) is 0.363. The van der Waals surface area contributed by atoms with Crippen LogP contribution in [0.3, 0.4) is 0 Å². The topological polar surface area (TPSA) is 15.3 Å². The summed E-state index contributed by atoms with van der Waals surface area (Å²) in [4.78, 5) is 2.73. The van der Waals surface area contributed by atoms with Crippen molar-refractivity contribution < 1.29 is 0 Å². The Morgan fingerprint density at radius 2 is 1.67 bits per heavy atom. The summed E-state index contributed by atoms with van der Waals surface area (Å²) in [6.07, 6.45) is 5.47. The minimum Gasteiger partial charge on any atom is -0.316 e. The average molecular weight is 254 g/mol. The second-order valence-corrected chi connectivity index (χ2v) is 7.45. The van der Waals surface area contributed by atoms with Crippen LogP contribution < -0.4 is 5.32 Å². The predicted octanol–water partition coefficient (Wildman–Crippen LogP) is 3.52. The molecule has 0 aromatic heterocycles. The van der Waals surface area contributed by atoms with Crippen LogP contribution in [-0.2, 0) is 0 Å². The van der Waals surface area contributed by atoms with Crippen molar-refractivity contribution in [1.82, 2.24) is 10.2 Å². The number of hydrogen-bond acceptors (Lipinski definition) is 2. The fraction of sp³-hybridized carbons (Fsp3) is 1.00. The van der Waals surface area contributed by atoms with E-state index < -0.39 is 0 Å². The van der Waals surface area contributed by atoms with Crippen LogP contribution in [0.25, 0.3) is 0 Å². The maximum atomic E-state index is 3.49. The van der Waals surface area contributed by atoms with Crippen LogP contribution in [0.2, 0.25) is 0 Å². The lowest BCUT2D eigenvalue weighted by Crippen LogP contribution is -2.41. The third-order valence-corrected chi connectivity index (χ3v) is 4.16. The second kappa shape index (κ2) is 6.91. The molecule has 2 heteroatoms. The van der Waals surface area contributed by atoms with Gasteiger partial charge in [0, 0.05) is 12.1 Å². The maximum Gasteiger partial charge on any atom is 0.0125 e. The van der Waals surface area contributed by atoms with Crippen LogP contribution in [-0.4, -0.2) is 37.1 Å². The first kappa shape index (κ1) is 16.0. The Balaban J connectivity index is 2.36. The number of nitrogens with one attached hydrogen (secondary N) is 1. The van der Waals surface area contributed by atoms with Crippen LogP contribution in [0, 0.1) is 11.3 Å². The predicted molar refractivity (Wildman–Crippen MR) is 81.0 cm³/mol. The first-order valence-electron chi connectivity index (χ1n) is 7.76. The summed E-state index contributed by atoms with van der Waals surface area (Å²) < 4.78 is 0. The van der Waals surface area contributed by atoms with E-state index in [4.69, 9.17) is 0 Å². The van der Waals surface area contributed by atoms with Crippen molar-refractivity contribution in [3.8, 4) is 0 Å². The largest absolute Gasteiger partial charge is 0.316 e. The van der Waals surface area contributed by atoms with Crippen LogP contribution in [0.1, 0.15) is 60.3 Å². The number of hydrogen-bond donors (Lipinski definition) is 1. The molecule has 1 fully saturated rings. The summed E-state index contributed by atoms with van der Waals surface area (Å²) in [5.74, 6) is 0.828. The lowest BCUT2D eigenvalue weighted by Gasteiger charge is -2.33. The molecule has 1 rings (SSSR count). The molecule has 1 atom stereocenters. The fourth-order valence-electron chi connectivity index (χ4n) is 2.65. The van der Waals surface area contributed by atoms with Gasteiger partial charge in [-0.15, -0.1) is 0 Å². The smallest absolute Gasteiger partial charge is 0.0125 e. The average Bonchev–Trinajstić information content (AvgIpc) is 3.04. The van der Waals surface area contributed by atoms with Gasteiger partial charge in [0.2, 0.25) is 0 Å². The van der Waals surface area contributed by atoms with Gasteiger partial charge in [-0.2, -0.15) is 0 Å². The molecule has 1 aliphatic rings. The molecule has 0 spiro atoms. The zero-order valence-electron chi connectivity index (χ0n) is 13.4. The Morgan fingerprint density at radius 1 is 1.11 bits per heavy atom. The molecule has 0 aliphatic heterocycles. The molecule has 0 aromatic rings. The first-order valence-corrected chi connectivity index (χ1v) is 7.76. The monoisotopic (exact) mass is 254 g/mol. The Hall–Kier alpha value is -0.0800. The van der Waals surface area contributed by atoms with Crippen molar-refractivity contribution in [2.45, 2.75) is 72.4 Å². The van der Waals surface area contributed by atoms with Gasteiger partial charge in [0.05, 0.1) is 0 Å². The highest BCUT2D eigenvalue weighted by Crippen LogP contribution is 2.29. The molecule has 1 unspecified atom stereocenters. The van der Waals surface area contributed by atoms with Gasteiger partial charge in [-0.1, -0.05) is 34.6 Å². The van der Waals surface area contributed by atoms with Gasteiger partial charge in [0.15, 0.2) is 0 Å². The Bertz CT molecular complexity index is 226. The fourth-order valence-corrected chi connectivity index (χ4v) is 2.65. The normalized spacial score (nSPS) is 18.7. The summed E-state index contributed by atoms with van der Waals surface area (Å²) in [6, 6.07) is 1.53. The van der Waals surface area contributed by atoms with Gasteiger partial charge in [-0.3, -0.25) is 0 Å². The highest BCUT2D eigenvalue weighted by Gasteiger charge is 2.30. The van der Waals surface area contributed by atoms with E-state index in [0.717, 1.165) is 12.0 Å². The molecular formula is C16H34N2. The van der Waals surface area contributed by atoms with Crippen LogP contribution in [0.15, 0.2) is 0 Å². The van der Waals surface area contributed by atoms with Gasteiger partial charge in [0.1, 0.15) is 0 Å². The quantitative estimate of drug-likeness (QED) is 0.713. The van der Waals surface area contributed by atoms with Crippen molar-refractivity contribution >= 4 is 0 Å². The first-order chi connectivity index (χ1) is 8.34. The van der Waals surface area contributed by atoms with Crippen molar-refractivity contribution in [1.29, 1.82) is 0 Å². The van der Waals surface area contributed by atoms with E-state index in [1.165, 1.54) is 38.8 Å². The summed E-state index contributed by atoms with van der Waals surface area (Å²) in [7, 11) is 2.10. The summed E-state index contributed by atoms with van der Waals surface area (Å²) >= 11 is 0. The zero-order valence-corrected chi connectivity index (χ0v) is 13.4. The summed E-state index contributed by atoms with van der Waals surface area (Å²) in [5, 5.41) is 3.49. The van der Waals surface area contributed by atoms with Gasteiger partial charge in [-0.25, -0.2) is 0 Å². The van der Waals surface area contributed by atoms with E-state index in [1.807, 2.05) is 0 Å². The minimum absolute atomic E-state index is 0.363. The Morgan fingerprint density at radius 3 is 2.06 bits per heavy atom. The second-order valence-electron chi connectivity index (χ2n) is 7.45. The van der Waals surface area contributed by atoms with Gasteiger partial charge < -0.3 is 10.2 Å². The van der Waals surface area contributed by atoms with Gasteiger partial charge in [0.25, 0.3) is 0 Å². The van der Waals surface area contributed by atoms with Crippen molar-refractivity contribution in [3.63, 3.8) is 0 Å². The number of nitrogens with zero attached hydrogens (tertiary/aromatic N) is 1. The molecule has 0 saturated heterocycles. The van der Waals surface area contributed by atoms with Crippen molar-refractivity contribution in [3.05, 3.63) is 0 Å². The van der Waals surface area contributed by atoms with Crippen LogP contribution in [0.5, 0.6) is 0 Å². The molecule has 18 heavy (non-hydrogen) atoms. The van der Waals surface area contributed by atoms with E-state index in [2.05, 4.69) is 51.9 Å².